The van der Waals surface area contributed by atoms with Gasteiger partial charge in [0, 0.05) is 0 Å². The molecule has 0 heterocycles. The first-order valence-electron chi connectivity index (χ1n) is 4.33. The first-order chi connectivity index (χ1) is 7.47. The van der Waals surface area contributed by atoms with Crippen LogP contribution in [-0.4, -0.2) is 18.1 Å². The molecule has 0 bridgehead atoms. The van der Waals surface area contributed by atoms with Crippen LogP contribution < -0.4 is 33.7 Å². The van der Waals surface area contributed by atoms with E-state index in [4.69, 9.17) is 0 Å². The molecular weight excluding hydrogens is 255 g/mol. The maximum Gasteiger partial charge on any atom is 1.00 e. The summed E-state index contributed by atoms with van der Waals surface area (Å²) in [6.07, 6.45) is 0. The Morgan fingerprint density at radius 1 is 1.12 bits per heavy atom. The van der Waals surface area contributed by atoms with E-state index >= 15 is 0 Å². The largest absolute Gasteiger partial charge is 1.00 e. The van der Waals surface area contributed by atoms with Crippen LogP contribution in [-0.2, 0) is 10.4 Å². The predicted molar refractivity (Wildman–Crippen MR) is 55.9 cm³/mol. The van der Waals surface area contributed by atoms with E-state index in [0.29, 0.717) is 5.39 Å². The van der Waals surface area contributed by atoms with Gasteiger partial charge >= 0.3 is 29.6 Å². The van der Waals surface area contributed by atoms with Crippen LogP contribution in [0.5, 0.6) is 11.5 Å². The molecule has 2 rings (SSSR count). The SMILES string of the molecule is O=S(=O)([O-])Oc1cccc2cccc(O)c12.[Na+]. The molecule has 5 nitrogen and oxygen atoms in total. The number of hydrogen-bond donors (Lipinski definition) is 1. The summed E-state index contributed by atoms with van der Waals surface area (Å²) < 4.78 is 35.7. The zero-order valence-electron chi connectivity index (χ0n) is 8.95. The molecule has 0 amide bonds. The smallest absolute Gasteiger partial charge is 0.716 e. The molecule has 0 aromatic heterocycles. The number of hydrogen-bond acceptors (Lipinski definition) is 5. The molecule has 17 heavy (non-hydrogen) atoms. The monoisotopic (exact) mass is 262 g/mol. The molecule has 0 fully saturated rings. The molecule has 0 aliphatic rings. The van der Waals surface area contributed by atoms with Crippen LogP contribution in [0.4, 0.5) is 0 Å². The molecular formula is C10H7NaO5S. The summed E-state index contributed by atoms with van der Waals surface area (Å²) in [4.78, 5) is 0. The van der Waals surface area contributed by atoms with Crippen molar-refractivity contribution in [2.45, 2.75) is 0 Å². The van der Waals surface area contributed by atoms with Gasteiger partial charge < -0.3 is 13.8 Å². The molecule has 0 saturated heterocycles. The minimum Gasteiger partial charge on any atom is -0.716 e. The van der Waals surface area contributed by atoms with Crippen LogP contribution in [0.2, 0.25) is 0 Å². The Balaban J connectivity index is 0.00000144. The minimum absolute atomic E-state index is 0. The van der Waals surface area contributed by atoms with Crippen molar-refractivity contribution in [3.8, 4) is 11.5 Å². The van der Waals surface area contributed by atoms with Gasteiger partial charge in [-0.1, -0.05) is 24.3 Å². The number of phenolic OH excluding ortho intramolecular Hbond substituents is 1. The predicted octanol–water partition coefficient (Wildman–Crippen LogP) is -1.61. The molecule has 0 spiro atoms. The summed E-state index contributed by atoms with van der Waals surface area (Å²) in [5, 5.41) is 10.4. The fraction of sp³-hybridized carbons (Fsp3) is 0. The Hall–Kier alpha value is -0.790. The van der Waals surface area contributed by atoms with Crippen molar-refractivity contribution in [1.82, 2.24) is 0 Å². The van der Waals surface area contributed by atoms with Crippen LogP contribution in [0.1, 0.15) is 0 Å². The Morgan fingerprint density at radius 2 is 1.71 bits per heavy atom. The Bertz CT molecular complexity index is 633. The van der Waals surface area contributed by atoms with Gasteiger partial charge in [-0.3, -0.25) is 0 Å². The van der Waals surface area contributed by atoms with E-state index < -0.39 is 10.4 Å². The third-order valence-electron chi connectivity index (χ3n) is 2.04. The van der Waals surface area contributed by atoms with E-state index in [0.717, 1.165) is 0 Å². The summed E-state index contributed by atoms with van der Waals surface area (Å²) in [6.45, 7) is 0. The van der Waals surface area contributed by atoms with E-state index in [1.165, 1.54) is 18.2 Å². The quantitative estimate of drug-likeness (QED) is 0.400. The maximum absolute atomic E-state index is 10.5. The second kappa shape index (κ2) is 5.24. The van der Waals surface area contributed by atoms with Gasteiger partial charge in [0.2, 0.25) is 0 Å². The molecule has 2 aromatic carbocycles. The van der Waals surface area contributed by atoms with Crippen molar-refractivity contribution in [3.05, 3.63) is 36.4 Å². The molecule has 0 aliphatic carbocycles. The van der Waals surface area contributed by atoms with Gasteiger partial charge in [0.1, 0.15) is 5.75 Å². The van der Waals surface area contributed by atoms with Crippen LogP contribution >= 0.6 is 0 Å². The summed E-state index contributed by atoms with van der Waals surface area (Å²) in [5.41, 5.74) is 0. The van der Waals surface area contributed by atoms with E-state index in [1.54, 1.807) is 18.2 Å². The van der Waals surface area contributed by atoms with Crippen molar-refractivity contribution >= 4 is 21.2 Å². The van der Waals surface area contributed by atoms with Crippen LogP contribution in [0.25, 0.3) is 10.8 Å². The van der Waals surface area contributed by atoms with E-state index in [1.807, 2.05) is 0 Å². The van der Waals surface area contributed by atoms with Gasteiger partial charge in [-0.05, 0) is 17.5 Å². The number of fused-ring (bicyclic) bond motifs is 1. The average Bonchev–Trinajstić information content (AvgIpc) is 2.15. The van der Waals surface area contributed by atoms with Crippen LogP contribution in [0.3, 0.4) is 0 Å². The summed E-state index contributed by atoms with van der Waals surface area (Å²) >= 11 is 0. The average molecular weight is 262 g/mol. The third-order valence-corrected chi connectivity index (χ3v) is 2.42. The van der Waals surface area contributed by atoms with Gasteiger partial charge in [-0.2, -0.15) is 0 Å². The van der Waals surface area contributed by atoms with Crippen molar-refractivity contribution in [3.63, 3.8) is 0 Å². The van der Waals surface area contributed by atoms with Crippen molar-refractivity contribution in [2.75, 3.05) is 0 Å². The molecule has 0 atom stereocenters. The molecule has 0 aliphatic heterocycles. The van der Waals surface area contributed by atoms with E-state index in [2.05, 4.69) is 4.18 Å². The molecule has 84 valence electrons. The van der Waals surface area contributed by atoms with Gasteiger partial charge in [0.15, 0.2) is 5.75 Å². The van der Waals surface area contributed by atoms with E-state index in [-0.39, 0.29) is 46.4 Å². The van der Waals surface area contributed by atoms with Gasteiger partial charge in [-0.25, -0.2) is 8.42 Å². The fourth-order valence-electron chi connectivity index (χ4n) is 1.47. The van der Waals surface area contributed by atoms with Crippen molar-refractivity contribution < 1.29 is 51.8 Å². The normalized spacial score (nSPS) is 10.9. The topological polar surface area (TPSA) is 86.7 Å². The Kier molecular flexibility index (Phi) is 4.40. The number of phenols is 1. The summed E-state index contributed by atoms with van der Waals surface area (Å²) in [7, 11) is -4.85. The van der Waals surface area contributed by atoms with Gasteiger partial charge in [0.05, 0.1) is 5.39 Å². The van der Waals surface area contributed by atoms with Crippen molar-refractivity contribution in [2.24, 2.45) is 0 Å². The van der Waals surface area contributed by atoms with Crippen LogP contribution in [0, 0.1) is 0 Å². The number of rotatable bonds is 2. The fourth-order valence-corrected chi connectivity index (χ4v) is 1.83. The minimum atomic E-state index is -4.85. The zero-order valence-corrected chi connectivity index (χ0v) is 11.8. The first kappa shape index (κ1) is 14.3. The maximum atomic E-state index is 10.5. The molecule has 0 saturated carbocycles. The standard InChI is InChI=1S/C10H8O5S.Na/c11-8-5-1-3-7-4-2-6-9(10(7)8)15-16(12,13)14;/h1-6,11H,(H,12,13,14);/q;+1/p-1. The van der Waals surface area contributed by atoms with Crippen LogP contribution in [0.15, 0.2) is 36.4 Å². The third kappa shape index (κ3) is 3.34. The van der Waals surface area contributed by atoms with Gasteiger partial charge in [-0.15, -0.1) is 0 Å². The van der Waals surface area contributed by atoms with Gasteiger partial charge in [0.25, 0.3) is 10.4 Å². The Labute approximate surface area is 120 Å². The second-order valence-corrected chi connectivity index (χ2v) is 4.11. The summed E-state index contributed by atoms with van der Waals surface area (Å²) in [6, 6.07) is 9.15. The molecule has 0 radical (unpaired) electrons. The molecule has 2 aromatic rings. The molecule has 7 heteroatoms. The Morgan fingerprint density at radius 3 is 2.29 bits per heavy atom. The molecule has 0 unspecified atom stereocenters. The molecule has 1 N–H and O–H groups in total. The van der Waals surface area contributed by atoms with Crippen molar-refractivity contribution in [1.29, 1.82) is 0 Å². The number of aromatic hydroxyl groups is 1. The van der Waals surface area contributed by atoms with E-state index in [9.17, 15) is 18.1 Å². The second-order valence-electron chi connectivity index (χ2n) is 3.12. The number of benzene rings is 2. The summed E-state index contributed by atoms with van der Waals surface area (Å²) in [5.74, 6) is -0.317. The zero-order chi connectivity index (χ0) is 11.8. The first-order valence-corrected chi connectivity index (χ1v) is 5.67.